The Hall–Kier alpha value is -2.43. The summed E-state index contributed by atoms with van der Waals surface area (Å²) in [7, 11) is 1.60. The number of esters is 1. The van der Waals surface area contributed by atoms with E-state index in [4.69, 9.17) is 9.47 Å². The molecule has 0 aromatic heterocycles. The Balaban J connectivity index is 2.19. The second-order valence-corrected chi connectivity index (χ2v) is 6.34. The summed E-state index contributed by atoms with van der Waals surface area (Å²) < 4.78 is 10.8. The molecule has 2 aliphatic rings. The lowest BCUT2D eigenvalue weighted by Crippen LogP contribution is -2.39. The summed E-state index contributed by atoms with van der Waals surface area (Å²) in [5, 5.41) is 0. The number of carbonyl (C=O) groups is 2. The van der Waals surface area contributed by atoms with Gasteiger partial charge in [-0.15, -0.1) is 0 Å². The van der Waals surface area contributed by atoms with Gasteiger partial charge in [0, 0.05) is 29.3 Å². The Morgan fingerprint density at radius 3 is 2.72 bits per heavy atom. The van der Waals surface area contributed by atoms with Crippen molar-refractivity contribution >= 4 is 17.5 Å². The summed E-state index contributed by atoms with van der Waals surface area (Å²) in [6, 6.07) is 7.55. The molecule has 1 aliphatic carbocycles. The first-order valence-corrected chi connectivity index (χ1v) is 8.69. The summed E-state index contributed by atoms with van der Waals surface area (Å²) in [5.74, 6) is -0.419. The van der Waals surface area contributed by atoms with Crippen molar-refractivity contribution in [2.45, 2.75) is 39.0 Å². The Kier molecular flexibility index (Phi) is 5.02. The van der Waals surface area contributed by atoms with Crippen LogP contribution in [0.15, 0.2) is 40.5 Å². The van der Waals surface area contributed by atoms with E-state index in [0.717, 1.165) is 24.1 Å². The van der Waals surface area contributed by atoms with Gasteiger partial charge in [0.2, 0.25) is 0 Å². The lowest BCUT2D eigenvalue weighted by molar-refractivity contribution is -0.139. The van der Waals surface area contributed by atoms with E-state index < -0.39 is 17.8 Å². The lowest BCUT2D eigenvalue weighted by atomic mass is 9.69. The van der Waals surface area contributed by atoms with Gasteiger partial charge >= 0.3 is 5.97 Å². The van der Waals surface area contributed by atoms with Gasteiger partial charge in [-0.2, -0.15) is 0 Å². The first-order chi connectivity index (χ1) is 12.1. The maximum atomic E-state index is 12.7. The molecule has 0 N–H and O–H groups in total. The van der Waals surface area contributed by atoms with E-state index in [1.165, 1.54) is 0 Å². The zero-order valence-corrected chi connectivity index (χ0v) is 14.9. The van der Waals surface area contributed by atoms with Crippen LogP contribution in [0, 0.1) is 5.92 Å². The molecule has 0 spiro atoms. The Morgan fingerprint density at radius 1 is 1.24 bits per heavy atom. The number of allylic oxidation sites excluding steroid dienone is 1. The summed E-state index contributed by atoms with van der Waals surface area (Å²) in [6.45, 7) is 3.87. The van der Waals surface area contributed by atoms with Crippen molar-refractivity contribution in [1.29, 1.82) is 0 Å². The van der Waals surface area contributed by atoms with Gasteiger partial charge in [0.1, 0.15) is 11.5 Å². The van der Waals surface area contributed by atoms with Crippen LogP contribution >= 0.6 is 0 Å². The number of nitrogens with zero attached hydrogens (tertiary/aromatic N) is 1. The maximum absolute atomic E-state index is 12.7. The predicted molar refractivity (Wildman–Crippen MR) is 94.9 cm³/mol. The van der Waals surface area contributed by atoms with Crippen molar-refractivity contribution in [3.63, 3.8) is 0 Å². The minimum absolute atomic E-state index is 0.134. The number of hydrogen-bond acceptors (Lipinski definition) is 5. The van der Waals surface area contributed by atoms with Crippen molar-refractivity contribution in [2.24, 2.45) is 10.9 Å². The fraction of sp³-hybridized carbons (Fsp3) is 0.450. The van der Waals surface area contributed by atoms with E-state index in [2.05, 4.69) is 4.99 Å². The van der Waals surface area contributed by atoms with Gasteiger partial charge in [-0.25, -0.2) is 4.79 Å². The normalized spacial score (nSPS) is 23.0. The van der Waals surface area contributed by atoms with Crippen LogP contribution in [-0.2, 0) is 14.3 Å². The van der Waals surface area contributed by atoms with E-state index in [0.29, 0.717) is 23.4 Å². The Bertz CT molecular complexity index is 763. The van der Waals surface area contributed by atoms with Crippen LogP contribution in [0.25, 0.3) is 0 Å². The number of ketones is 1. The third-order valence-corrected chi connectivity index (χ3v) is 4.88. The molecule has 1 aromatic rings. The maximum Gasteiger partial charge on any atom is 0.336 e. The van der Waals surface area contributed by atoms with Crippen LogP contribution in [0.3, 0.4) is 0 Å². The van der Waals surface area contributed by atoms with E-state index in [-0.39, 0.29) is 12.4 Å². The molecule has 1 fully saturated rings. The van der Waals surface area contributed by atoms with E-state index in [1.807, 2.05) is 31.2 Å². The topological polar surface area (TPSA) is 65.0 Å². The average Bonchev–Trinajstić information content (AvgIpc) is 2.60. The zero-order valence-electron chi connectivity index (χ0n) is 14.9. The van der Waals surface area contributed by atoms with Crippen LogP contribution in [0.5, 0.6) is 5.75 Å². The number of rotatable bonds is 4. The van der Waals surface area contributed by atoms with Gasteiger partial charge in [0.25, 0.3) is 0 Å². The minimum Gasteiger partial charge on any atom is -0.496 e. The van der Waals surface area contributed by atoms with Gasteiger partial charge in [-0.3, -0.25) is 9.79 Å². The van der Waals surface area contributed by atoms with Gasteiger partial charge in [0.05, 0.1) is 25.2 Å². The van der Waals surface area contributed by atoms with Crippen LogP contribution in [0.1, 0.15) is 44.6 Å². The van der Waals surface area contributed by atoms with Gasteiger partial charge < -0.3 is 9.47 Å². The number of aliphatic imine (C=N–C) groups is 1. The second kappa shape index (κ2) is 7.21. The van der Waals surface area contributed by atoms with Gasteiger partial charge in [0.15, 0.2) is 0 Å². The molecule has 0 radical (unpaired) electrons. The molecular formula is C20H23NO4. The van der Waals surface area contributed by atoms with Crippen LogP contribution in [0.2, 0.25) is 0 Å². The van der Waals surface area contributed by atoms with E-state index in [9.17, 15) is 9.59 Å². The molecule has 5 heteroatoms. The molecule has 1 heterocycles. The van der Waals surface area contributed by atoms with E-state index in [1.54, 1.807) is 14.0 Å². The fourth-order valence-corrected chi connectivity index (χ4v) is 3.85. The molecule has 25 heavy (non-hydrogen) atoms. The number of fused-ring (bicyclic) bond motifs is 1. The van der Waals surface area contributed by atoms with Crippen molar-refractivity contribution in [3.05, 3.63) is 41.1 Å². The van der Waals surface area contributed by atoms with Gasteiger partial charge in [-0.05, 0) is 32.8 Å². The summed E-state index contributed by atoms with van der Waals surface area (Å²) >= 11 is 0. The average molecular weight is 341 g/mol. The molecule has 1 saturated carbocycles. The van der Waals surface area contributed by atoms with Gasteiger partial charge in [-0.1, -0.05) is 18.2 Å². The molecule has 2 atom stereocenters. The second-order valence-electron chi connectivity index (χ2n) is 6.34. The highest BCUT2D eigenvalue weighted by molar-refractivity contribution is 6.11. The number of carbonyl (C=O) groups excluding carboxylic acids is 2. The standard InChI is InChI=1S/C20H23NO4/c1-4-25-20(23)17-12(2)21-14-9-7-10-15(22)19(14)18(17)13-8-5-6-11-16(13)24-3/h5-6,8,11,18-19H,4,7,9-10H2,1-3H3/t18-,19-/m1/s1. The number of para-hydroxylation sites is 1. The monoisotopic (exact) mass is 341 g/mol. The van der Waals surface area contributed by atoms with E-state index >= 15 is 0 Å². The molecule has 5 nitrogen and oxygen atoms in total. The number of methoxy groups -OCH3 is 1. The van der Waals surface area contributed by atoms with Crippen molar-refractivity contribution in [3.8, 4) is 5.75 Å². The zero-order chi connectivity index (χ0) is 18.0. The first kappa shape index (κ1) is 17.4. The molecule has 132 valence electrons. The number of Topliss-reactive ketones (excluding diaryl/α,β-unsaturated/α-hetero) is 1. The highest BCUT2D eigenvalue weighted by atomic mass is 16.5. The summed E-state index contributed by atoms with van der Waals surface area (Å²) in [4.78, 5) is 30.0. The molecule has 1 aliphatic heterocycles. The molecule has 1 aromatic carbocycles. The number of ether oxygens (including phenoxy) is 2. The minimum atomic E-state index is -0.409. The molecular weight excluding hydrogens is 318 g/mol. The molecule has 3 rings (SSSR count). The quantitative estimate of drug-likeness (QED) is 0.787. The van der Waals surface area contributed by atoms with Crippen molar-refractivity contribution in [1.82, 2.24) is 0 Å². The SMILES string of the molecule is CCOC(=O)C1=C(C)N=C2CCCC(=O)[C@@H]2[C@@H]1c1ccccc1OC. The highest BCUT2D eigenvalue weighted by Gasteiger charge is 2.44. The molecule has 0 unspecified atom stereocenters. The van der Waals surface area contributed by atoms with Crippen molar-refractivity contribution < 1.29 is 19.1 Å². The first-order valence-electron chi connectivity index (χ1n) is 8.69. The summed E-state index contributed by atoms with van der Waals surface area (Å²) in [5.41, 5.74) is 2.81. The van der Waals surface area contributed by atoms with Crippen LogP contribution in [0.4, 0.5) is 0 Å². The predicted octanol–water partition coefficient (Wildman–Crippen LogP) is 3.44. The lowest BCUT2D eigenvalue weighted by Gasteiger charge is -2.36. The molecule has 0 bridgehead atoms. The number of benzene rings is 1. The largest absolute Gasteiger partial charge is 0.496 e. The molecule has 0 amide bonds. The third-order valence-electron chi connectivity index (χ3n) is 4.88. The number of hydrogen-bond donors (Lipinski definition) is 0. The Labute approximate surface area is 147 Å². The smallest absolute Gasteiger partial charge is 0.336 e. The Morgan fingerprint density at radius 2 is 2.00 bits per heavy atom. The fourth-order valence-electron chi connectivity index (χ4n) is 3.85. The van der Waals surface area contributed by atoms with Crippen LogP contribution in [-0.4, -0.2) is 31.2 Å². The summed E-state index contributed by atoms with van der Waals surface area (Å²) in [6.07, 6.45) is 2.12. The molecule has 0 saturated heterocycles. The highest BCUT2D eigenvalue weighted by Crippen LogP contribution is 2.45. The van der Waals surface area contributed by atoms with Crippen molar-refractivity contribution in [2.75, 3.05) is 13.7 Å². The third kappa shape index (κ3) is 3.11. The van der Waals surface area contributed by atoms with Crippen LogP contribution < -0.4 is 4.74 Å².